The molecule has 0 radical (unpaired) electrons. The number of pyridine rings is 1. The molecule has 0 spiro atoms. The van der Waals surface area contributed by atoms with Crippen molar-refractivity contribution in [1.29, 1.82) is 0 Å². The molecule has 0 aliphatic carbocycles. The van der Waals surface area contributed by atoms with Crippen LogP contribution in [0.15, 0.2) is 24.3 Å². The molecule has 1 amide bonds. The number of morpholine rings is 1. The third-order valence-electron chi connectivity index (χ3n) is 5.29. The number of carbonyl (C=O) groups excluding carboxylic acids is 1. The highest BCUT2D eigenvalue weighted by Gasteiger charge is 2.28. The molecule has 10 heteroatoms. The molecular formula is C24H29F4N3O3. The summed E-state index contributed by atoms with van der Waals surface area (Å²) in [7, 11) is 0. The number of carbonyl (C=O) groups is 1. The van der Waals surface area contributed by atoms with E-state index in [1.807, 2.05) is 18.7 Å². The molecule has 1 aromatic carbocycles. The van der Waals surface area contributed by atoms with Crippen molar-refractivity contribution in [1.82, 2.24) is 10.3 Å². The second-order valence-electron chi connectivity index (χ2n) is 8.65. The Balaban J connectivity index is 1.90. The maximum Gasteiger partial charge on any atom is 0.411 e. The Morgan fingerprint density at radius 1 is 1.15 bits per heavy atom. The van der Waals surface area contributed by atoms with Crippen LogP contribution in [0.1, 0.15) is 30.8 Å². The first-order valence-electron chi connectivity index (χ1n) is 11.0. The third kappa shape index (κ3) is 7.14. The highest BCUT2D eigenvalue weighted by molar-refractivity contribution is 5.78. The smallest absolute Gasteiger partial charge is 0.372 e. The molecule has 2 heterocycles. The summed E-state index contributed by atoms with van der Waals surface area (Å²) in [5, 5.41) is 2.54. The predicted octanol–water partition coefficient (Wildman–Crippen LogP) is 4.31. The first-order valence-corrected chi connectivity index (χ1v) is 11.0. The highest BCUT2D eigenvalue weighted by Crippen LogP contribution is 2.33. The quantitative estimate of drug-likeness (QED) is 0.595. The van der Waals surface area contributed by atoms with Crippen molar-refractivity contribution >= 4 is 11.6 Å². The zero-order valence-electron chi connectivity index (χ0n) is 19.6. The second-order valence-corrected chi connectivity index (χ2v) is 8.65. The van der Waals surface area contributed by atoms with E-state index in [2.05, 4.69) is 15.0 Å². The van der Waals surface area contributed by atoms with Crippen LogP contribution in [0.3, 0.4) is 0 Å². The molecule has 3 rings (SSSR count). The highest BCUT2D eigenvalue weighted by atomic mass is 19.4. The molecule has 1 aliphatic rings. The van der Waals surface area contributed by atoms with Crippen molar-refractivity contribution in [2.75, 3.05) is 31.2 Å². The number of hydrogen-bond donors (Lipinski definition) is 1. The Labute approximate surface area is 196 Å². The molecule has 1 fully saturated rings. The molecule has 2 aromatic rings. The Hall–Kier alpha value is -2.72. The molecule has 2 atom stereocenters. The van der Waals surface area contributed by atoms with Gasteiger partial charge in [0.2, 0.25) is 5.91 Å². The van der Waals surface area contributed by atoms with E-state index in [1.54, 1.807) is 32.0 Å². The van der Waals surface area contributed by atoms with E-state index >= 15 is 4.39 Å². The number of halogens is 4. The van der Waals surface area contributed by atoms with Crippen molar-refractivity contribution in [2.24, 2.45) is 0 Å². The van der Waals surface area contributed by atoms with Gasteiger partial charge < -0.3 is 19.7 Å². The molecule has 1 aromatic heterocycles. The average Bonchev–Trinajstić information content (AvgIpc) is 2.69. The molecule has 0 bridgehead atoms. The van der Waals surface area contributed by atoms with E-state index in [4.69, 9.17) is 4.74 Å². The molecule has 0 unspecified atom stereocenters. The number of ether oxygens (including phenoxy) is 2. The third-order valence-corrected chi connectivity index (χ3v) is 5.29. The molecule has 186 valence electrons. The van der Waals surface area contributed by atoms with Gasteiger partial charge in [-0.25, -0.2) is 4.39 Å². The fourth-order valence-electron chi connectivity index (χ4n) is 4.16. The van der Waals surface area contributed by atoms with Gasteiger partial charge >= 0.3 is 6.18 Å². The SMILES string of the molecule is Cc1cc(-c2c(F)cc(N3C[C@@H](C)O[C@@H](C)C3)cc2CNC(=O)COCC(F)(F)F)cc(C)n1. The Morgan fingerprint density at radius 2 is 1.76 bits per heavy atom. The molecule has 1 aliphatic heterocycles. The summed E-state index contributed by atoms with van der Waals surface area (Å²) in [6, 6.07) is 6.76. The normalized spacial score (nSPS) is 18.8. The van der Waals surface area contributed by atoms with Crippen LogP contribution in [0.25, 0.3) is 11.1 Å². The van der Waals surface area contributed by atoms with Crippen LogP contribution in [0.4, 0.5) is 23.2 Å². The van der Waals surface area contributed by atoms with Crippen molar-refractivity contribution in [3.63, 3.8) is 0 Å². The van der Waals surface area contributed by atoms with Crippen LogP contribution in [0.5, 0.6) is 0 Å². The van der Waals surface area contributed by atoms with Crippen molar-refractivity contribution in [3.05, 3.63) is 47.0 Å². The zero-order valence-corrected chi connectivity index (χ0v) is 19.6. The number of anilines is 1. The van der Waals surface area contributed by atoms with E-state index < -0.39 is 31.1 Å². The van der Waals surface area contributed by atoms with Gasteiger partial charge in [0, 0.05) is 42.3 Å². The van der Waals surface area contributed by atoms with Gasteiger partial charge in [-0.3, -0.25) is 9.78 Å². The second kappa shape index (κ2) is 10.7. The number of hydrogen-bond acceptors (Lipinski definition) is 5. The van der Waals surface area contributed by atoms with Gasteiger partial charge in [-0.1, -0.05) is 0 Å². The molecule has 1 saturated heterocycles. The first-order chi connectivity index (χ1) is 15.9. The van der Waals surface area contributed by atoms with Gasteiger partial charge in [-0.2, -0.15) is 13.2 Å². The van der Waals surface area contributed by atoms with E-state index in [9.17, 15) is 18.0 Å². The fraction of sp³-hybridized carbons (Fsp3) is 0.500. The average molecular weight is 484 g/mol. The van der Waals surface area contributed by atoms with Crippen LogP contribution in [0.2, 0.25) is 0 Å². The van der Waals surface area contributed by atoms with Crippen molar-refractivity contribution in [2.45, 2.75) is 52.6 Å². The van der Waals surface area contributed by atoms with Crippen LogP contribution in [0, 0.1) is 19.7 Å². The number of nitrogens with zero attached hydrogens (tertiary/aromatic N) is 2. The largest absolute Gasteiger partial charge is 0.411 e. The van der Waals surface area contributed by atoms with Crippen molar-refractivity contribution < 1.29 is 31.8 Å². The lowest BCUT2D eigenvalue weighted by atomic mass is 9.97. The zero-order chi connectivity index (χ0) is 25.0. The number of aromatic nitrogens is 1. The van der Waals surface area contributed by atoms with Gasteiger partial charge in [0.1, 0.15) is 19.0 Å². The first kappa shape index (κ1) is 25.9. The number of benzene rings is 1. The molecule has 6 nitrogen and oxygen atoms in total. The lowest BCUT2D eigenvalue weighted by Crippen LogP contribution is -2.45. The number of aryl methyl sites for hydroxylation is 2. The summed E-state index contributed by atoms with van der Waals surface area (Å²) in [5.74, 6) is -1.19. The monoisotopic (exact) mass is 483 g/mol. The van der Waals surface area contributed by atoms with Crippen LogP contribution < -0.4 is 10.2 Å². The summed E-state index contributed by atoms with van der Waals surface area (Å²) >= 11 is 0. The Kier molecular flexibility index (Phi) is 8.14. The van der Waals surface area contributed by atoms with Crippen LogP contribution in [-0.4, -0.2) is 55.6 Å². The maximum atomic E-state index is 15.5. The summed E-state index contributed by atoms with van der Waals surface area (Å²) < 4.78 is 62.5. The number of alkyl halides is 3. The van der Waals surface area contributed by atoms with E-state index in [0.717, 1.165) is 0 Å². The molecular weight excluding hydrogens is 454 g/mol. The van der Waals surface area contributed by atoms with Gasteiger partial charge in [0.15, 0.2) is 0 Å². The minimum Gasteiger partial charge on any atom is -0.372 e. The number of amides is 1. The standard InChI is InChI=1S/C24H29F4N3O3/c1-14-5-18(6-15(2)30-14)23-19(9-29-22(32)12-33-13-24(26,27)28)7-20(8-21(23)25)31-10-16(3)34-17(4)11-31/h5-8,16-17H,9-13H2,1-4H3,(H,29,32)/t16-,17+. The van der Waals surface area contributed by atoms with Crippen LogP contribution in [-0.2, 0) is 20.8 Å². The molecule has 0 saturated carbocycles. The van der Waals surface area contributed by atoms with E-state index in [1.165, 1.54) is 6.07 Å². The predicted molar refractivity (Wildman–Crippen MR) is 120 cm³/mol. The molecule has 34 heavy (non-hydrogen) atoms. The summed E-state index contributed by atoms with van der Waals surface area (Å²) in [5.41, 5.74) is 3.48. The van der Waals surface area contributed by atoms with Gasteiger partial charge in [-0.15, -0.1) is 0 Å². The number of nitrogens with one attached hydrogen (secondary N) is 1. The lowest BCUT2D eigenvalue weighted by molar-refractivity contribution is -0.175. The Bertz CT molecular complexity index is 999. The summed E-state index contributed by atoms with van der Waals surface area (Å²) in [6.45, 7) is 6.31. The fourth-order valence-corrected chi connectivity index (χ4v) is 4.16. The van der Waals surface area contributed by atoms with Gasteiger partial charge in [0.05, 0.1) is 12.2 Å². The number of rotatable bonds is 7. The maximum absolute atomic E-state index is 15.5. The summed E-state index contributed by atoms with van der Waals surface area (Å²) in [4.78, 5) is 18.4. The lowest BCUT2D eigenvalue weighted by Gasteiger charge is -2.37. The van der Waals surface area contributed by atoms with Crippen molar-refractivity contribution in [3.8, 4) is 11.1 Å². The van der Waals surface area contributed by atoms with E-state index in [-0.39, 0.29) is 18.8 Å². The van der Waals surface area contributed by atoms with Gasteiger partial charge in [0.25, 0.3) is 0 Å². The molecule has 1 N–H and O–H groups in total. The minimum absolute atomic E-state index is 0.0362. The summed E-state index contributed by atoms with van der Waals surface area (Å²) in [6.07, 6.45) is -4.59. The Morgan fingerprint density at radius 3 is 2.35 bits per heavy atom. The minimum atomic E-state index is -4.52. The van der Waals surface area contributed by atoms with E-state index in [0.29, 0.717) is 46.9 Å². The van der Waals surface area contributed by atoms with Gasteiger partial charge in [-0.05, 0) is 63.1 Å². The van der Waals surface area contributed by atoms with Crippen LogP contribution >= 0.6 is 0 Å². The topological polar surface area (TPSA) is 63.7 Å².